The fourth-order valence-electron chi connectivity index (χ4n) is 2.21. The fourth-order valence-corrected chi connectivity index (χ4v) is 2.21. The Morgan fingerprint density at radius 1 is 1.38 bits per heavy atom. The van der Waals surface area contributed by atoms with E-state index in [1.807, 2.05) is 4.68 Å². The average Bonchev–Trinajstić information content (AvgIpc) is 2.96. The van der Waals surface area contributed by atoms with Gasteiger partial charge in [-0.15, -0.1) is 11.5 Å². The molecule has 0 amide bonds. The first-order chi connectivity index (χ1) is 7.88. The van der Waals surface area contributed by atoms with Crippen molar-refractivity contribution in [1.29, 1.82) is 0 Å². The first-order valence-corrected chi connectivity index (χ1v) is 5.43. The number of aromatic nitrogens is 5. The Hall–Kier alpha value is -1.96. The summed E-state index contributed by atoms with van der Waals surface area (Å²) in [7, 11) is 0. The Bertz CT molecular complexity index is 559. The highest BCUT2D eigenvalue weighted by Gasteiger charge is 2.21. The van der Waals surface area contributed by atoms with Crippen molar-refractivity contribution < 1.29 is 0 Å². The van der Waals surface area contributed by atoms with E-state index in [2.05, 4.69) is 26.2 Å². The molecule has 2 aromatic rings. The van der Waals surface area contributed by atoms with Gasteiger partial charge in [-0.3, -0.25) is 0 Å². The zero-order valence-corrected chi connectivity index (χ0v) is 8.80. The molecule has 0 aliphatic heterocycles. The van der Waals surface area contributed by atoms with Crippen LogP contribution in [0, 0.1) is 12.3 Å². The van der Waals surface area contributed by atoms with Gasteiger partial charge < -0.3 is 0 Å². The molecule has 0 aromatic carbocycles. The van der Waals surface area contributed by atoms with Crippen LogP contribution in [0.4, 0.5) is 0 Å². The van der Waals surface area contributed by atoms with Gasteiger partial charge in [0.25, 0.3) is 0 Å². The second-order valence-electron chi connectivity index (χ2n) is 4.02. The van der Waals surface area contributed by atoms with Crippen LogP contribution in [0.1, 0.15) is 37.5 Å². The van der Waals surface area contributed by atoms with Crippen LogP contribution >= 0.6 is 0 Å². The van der Waals surface area contributed by atoms with Gasteiger partial charge in [0.2, 0.25) is 5.82 Å². The molecule has 0 unspecified atom stereocenters. The summed E-state index contributed by atoms with van der Waals surface area (Å²) in [6, 6.07) is 0.422. The summed E-state index contributed by atoms with van der Waals surface area (Å²) in [5, 5.41) is 8.21. The molecule has 16 heavy (non-hydrogen) atoms. The first-order valence-electron chi connectivity index (χ1n) is 5.43. The van der Waals surface area contributed by atoms with Gasteiger partial charge in [-0.1, -0.05) is 18.1 Å². The average molecular weight is 213 g/mol. The van der Waals surface area contributed by atoms with E-state index in [4.69, 9.17) is 6.42 Å². The van der Waals surface area contributed by atoms with Crippen LogP contribution in [0.2, 0.25) is 0 Å². The van der Waals surface area contributed by atoms with Crippen LogP contribution in [-0.2, 0) is 0 Å². The number of rotatable bonds is 1. The lowest BCUT2D eigenvalue weighted by atomic mass is 10.2. The predicted molar refractivity (Wildman–Crippen MR) is 58.6 cm³/mol. The van der Waals surface area contributed by atoms with Gasteiger partial charge in [-0.25, -0.2) is 9.67 Å². The molecule has 0 N–H and O–H groups in total. The molecule has 1 saturated carbocycles. The highest BCUT2D eigenvalue weighted by molar-refractivity contribution is 5.68. The van der Waals surface area contributed by atoms with Gasteiger partial charge in [0.05, 0.1) is 12.2 Å². The van der Waals surface area contributed by atoms with Crippen molar-refractivity contribution in [1.82, 2.24) is 25.0 Å². The van der Waals surface area contributed by atoms with E-state index in [1.54, 1.807) is 6.20 Å². The monoisotopic (exact) mass is 213 g/mol. The standard InChI is InChI=1S/C11H11N5/c1-2-10-12-7-9-11(13-10)16(15-14-9)8-5-3-4-6-8/h1,7-8H,3-6H2. The third-order valence-corrected chi connectivity index (χ3v) is 3.02. The molecule has 0 spiro atoms. The normalized spacial score (nSPS) is 16.7. The lowest BCUT2D eigenvalue weighted by Gasteiger charge is -2.08. The Kier molecular flexibility index (Phi) is 2.07. The number of nitrogens with zero attached hydrogens (tertiary/aromatic N) is 5. The molecule has 5 heteroatoms. The van der Waals surface area contributed by atoms with Crippen molar-refractivity contribution in [3.8, 4) is 12.3 Å². The highest BCUT2D eigenvalue weighted by atomic mass is 15.5. The quantitative estimate of drug-likeness (QED) is 0.670. The van der Waals surface area contributed by atoms with E-state index in [9.17, 15) is 0 Å². The van der Waals surface area contributed by atoms with Gasteiger partial charge in [0, 0.05) is 0 Å². The van der Waals surface area contributed by atoms with E-state index in [-0.39, 0.29) is 0 Å². The van der Waals surface area contributed by atoms with E-state index >= 15 is 0 Å². The van der Waals surface area contributed by atoms with Crippen LogP contribution in [0.3, 0.4) is 0 Å². The second-order valence-corrected chi connectivity index (χ2v) is 4.02. The second kappa shape index (κ2) is 3.56. The van der Waals surface area contributed by atoms with Crippen molar-refractivity contribution in [3.05, 3.63) is 12.0 Å². The lowest BCUT2D eigenvalue weighted by molar-refractivity contribution is 0.464. The van der Waals surface area contributed by atoms with Crippen LogP contribution < -0.4 is 0 Å². The molecule has 1 fully saturated rings. The van der Waals surface area contributed by atoms with Gasteiger partial charge in [-0.2, -0.15) is 4.98 Å². The molecule has 5 nitrogen and oxygen atoms in total. The SMILES string of the molecule is C#Cc1ncc2nnn(C3CCCC3)c2n1. The largest absolute Gasteiger partial charge is 0.227 e. The minimum Gasteiger partial charge on any atom is -0.227 e. The Balaban J connectivity index is 2.14. The molecule has 80 valence electrons. The summed E-state index contributed by atoms with van der Waals surface area (Å²) in [5.41, 5.74) is 1.47. The molecular weight excluding hydrogens is 202 g/mol. The first kappa shape index (κ1) is 9.28. The molecule has 0 bridgehead atoms. The fraction of sp³-hybridized carbons (Fsp3) is 0.455. The molecule has 1 aliphatic carbocycles. The Morgan fingerprint density at radius 3 is 2.94 bits per heavy atom. The minimum absolute atomic E-state index is 0.397. The van der Waals surface area contributed by atoms with E-state index in [1.165, 1.54) is 12.8 Å². The molecule has 0 radical (unpaired) electrons. The lowest BCUT2D eigenvalue weighted by Crippen LogP contribution is -2.07. The van der Waals surface area contributed by atoms with Crippen molar-refractivity contribution in [3.63, 3.8) is 0 Å². The molecule has 3 rings (SSSR count). The van der Waals surface area contributed by atoms with Gasteiger partial charge in [0.1, 0.15) is 0 Å². The zero-order valence-electron chi connectivity index (χ0n) is 8.80. The topological polar surface area (TPSA) is 56.5 Å². The van der Waals surface area contributed by atoms with Crippen LogP contribution in [-0.4, -0.2) is 25.0 Å². The zero-order chi connectivity index (χ0) is 11.0. The Morgan fingerprint density at radius 2 is 2.19 bits per heavy atom. The van der Waals surface area contributed by atoms with Crippen molar-refractivity contribution in [2.45, 2.75) is 31.7 Å². The molecular formula is C11H11N5. The molecule has 1 aliphatic rings. The van der Waals surface area contributed by atoms with Crippen LogP contribution in [0.15, 0.2) is 6.20 Å². The summed E-state index contributed by atoms with van der Waals surface area (Å²) in [4.78, 5) is 8.29. The van der Waals surface area contributed by atoms with Crippen LogP contribution in [0.25, 0.3) is 11.2 Å². The van der Waals surface area contributed by atoms with Gasteiger partial charge in [0.15, 0.2) is 11.2 Å². The van der Waals surface area contributed by atoms with E-state index < -0.39 is 0 Å². The smallest absolute Gasteiger partial charge is 0.206 e. The van der Waals surface area contributed by atoms with E-state index in [0.29, 0.717) is 17.4 Å². The molecule has 2 heterocycles. The summed E-state index contributed by atoms with van der Waals surface area (Å²) in [6.07, 6.45) is 11.7. The summed E-state index contributed by atoms with van der Waals surface area (Å²) in [6.45, 7) is 0. The summed E-state index contributed by atoms with van der Waals surface area (Å²) in [5.74, 6) is 2.83. The number of hydrogen-bond acceptors (Lipinski definition) is 4. The maximum absolute atomic E-state index is 5.29. The van der Waals surface area contributed by atoms with E-state index in [0.717, 1.165) is 18.5 Å². The number of terminal acetylenes is 1. The maximum Gasteiger partial charge on any atom is 0.206 e. The third-order valence-electron chi connectivity index (χ3n) is 3.02. The maximum atomic E-state index is 5.29. The minimum atomic E-state index is 0.397. The predicted octanol–water partition coefficient (Wildman–Crippen LogP) is 1.32. The number of hydrogen-bond donors (Lipinski definition) is 0. The van der Waals surface area contributed by atoms with Crippen molar-refractivity contribution in [2.24, 2.45) is 0 Å². The van der Waals surface area contributed by atoms with Crippen LogP contribution in [0.5, 0.6) is 0 Å². The molecule has 2 aromatic heterocycles. The summed E-state index contributed by atoms with van der Waals surface area (Å²) < 4.78 is 1.89. The van der Waals surface area contributed by atoms with Gasteiger partial charge >= 0.3 is 0 Å². The molecule has 0 saturated heterocycles. The van der Waals surface area contributed by atoms with Crippen molar-refractivity contribution in [2.75, 3.05) is 0 Å². The summed E-state index contributed by atoms with van der Waals surface area (Å²) >= 11 is 0. The third kappa shape index (κ3) is 1.34. The highest BCUT2D eigenvalue weighted by Crippen LogP contribution is 2.30. The number of fused-ring (bicyclic) bond motifs is 1. The Labute approximate surface area is 92.9 Å². The van der Waals surface area contributed by atoms with Gasteiger partial charge in [-0.05, 0) is 18.8 Å². The molecule has 0 atom stereocenters. The van der Waals surface area contributed by atoms with Crippen molar-refractivity contribution >= 4 is 11.2 Å².